The lowest BCUT2D eigenvalue weighted by molar-refractivity contribution is -0.385. The maximum absolute atomic E-state index is 11.8. The van der Waals surface area contributed by atoms with Crippen LogP contribution in [-0.4, -0.2) is 56.9 Å². The van der Waals surface area contributed by atoms with Crippen LogP contribution in [0.25, 0.3) is 0 Å². The van der Waals surface area contributed by atoms with Crippen LogP contribution in [0, 0.1) is 20.2 Å². The molecule has 0 aliphatic carbocycles. The summed E-state index contributed by atoms with van der Waals surface area (Å²) in [7, 11) is -4.36. The number of carbonyl (C=O) groups is 3. The van der Waals surface area contributed by atoms with E-state index in [1.807, 2.05) is 0 Å². The average molecular weight is 499 g/mol. The average Bonchev–Trinajstić information content (AvgIpc) is 2.76. The van der Waals surface area contributed by atoms with Gasteiger partial charge in [-0.1, -0.05) is 6.07 Å². The minimum Gasteiger partial charge on any atom is -0.481 e. The third kappa shape index (κ3) is 8.97. The van der Waals surface area contributed by atoms with Gasteiger partial charge in [-0.3, -0.25) is 34.4 Å². The Morgan fingerprint density at radius 1 is 0.941 bits per heavy atom. The number of carbonyl (C=O) groups excluding carboxylic acids is 1. The summed E-state index contributed by atoms with van der Waals surface area (Å²) in [5.41, 5.74) is -0.537. The molecule has 0 aliphatic rings. The number of nitrogens with one attached hydrogen (secondary N) is 1. The number of amides is 1. The minimum absolute atomic E-state index is 0.0437. The van der Waals surface area contributed by atoms with Crippen LogP contribution in [0.2, 0.25) is 0 Å². The van der Waals surface area contributed by atoms with E-state index in [0.717, 1.165) is 30.3 Å². The van der Waals surface area contributed by atoms with E-state index in [1.54, 1.807) is 0 Å². The highest BCUT2D eigenvalue weighted by molar-refractivity contribution is 7.85. The van der Waals surface area contributed by atoms with Gasteiger partial charge in [0.25, 0.3) is 27.4 Å². The largest absolute Gasteiger partial charge is 0.481 e. The second-order valence-electron chi connectivity index (χ2n) is 6.33. The smallest absolute Gasteiger partial charge is 0.326 e. The fourth-order valence-corrected chi connectivity index (χ4v) is 2.78. The van der Waals surface area contributed by atoms with Crippen LogP contribution in [0.5, 0.6) is 0 Å². The fourth-order valence-electron chi connectivity index (χ4n) is 2.26. The lowest BCUT2D eigenvalue weighted by Crippen LogP contribution is -2.41. The number of carboxylic acids is 2. The molecule has 0 heterocycles. The normalized spacial score (nSPS) is 11.3. The zero-order chi connectivity index (χ0) is 26.1. The van der Waals surface area contributed by atoms with Crippen molar-refractivity contribution in [3.8, 4) is 0 Å². The van der Waals surface area contributed by atoms with Crippen molar-refractivity contribution in [2.24, 2.45) is 0 Å². The molecule has 0 saturated heterocycles. The van der Waals surface area contributed by atoms with E-state index >= 15 is 0 Å². The minimum atomic E-state index is -4.36. The number of nitro benzene ring substituents is 2. The predicted octanol–water partition coefficient (Wildman–Crippen LogP) is 1.48. The molecule has 2 rings (SSSR count). The van der Waals surface area contributed by atoms with E-state index < -0.39 is 55.2 Å². The van der Waals surface area contributed by atoms with Gasteiger partial charge in [-0.2, -0.15) is 8.42 Å². The molecule has 0 aliphatic heterocycles. The lowest BCUT2D eigenvalue weighted by Gasteiger charge is -2.13. The van der Waals surface area contributed by atoms with Crippen LogP contribution in [0.4, 0.5) is 11.4 Å². The van der Waals surface area contributed by atoms with Crippen LogP contribution in [-0.2, 0) is 19.7 Å². The highest BCUT2D eigenvalue weighted by atomic mass is 32.2. The molecule has 15 nitrogen and oxygen atoms in total. The molecule has 1 atom stereocenters. The first-order chi connectivity index (χ1) is 15.7. The molecule has 4 N–H and O–H groups in total. The van der Waals surface area contributed by atoms with Gasteiger partial charge < -0.3 is 15.5 Å². The lowest BCUT2D eigenvalue weighted by atomic mass is 10.1. The van der Waals surface area contributed by atoms with Crippen LogP contribution >= 0.6 is 0 Å². The summed E-state index contributed by atoms with van der Waals surface area (Å²) in [5.74, 6) is -3.28. The number of rotatable bonds is 9. The molecule has 0 unspecified atom stereocenters. The molecular weight excluding hydrogens is 482 g/mol. The quantitative estimate of drug-likeness (QED) is 0.218. The van der Waals surface area contributed by atoms with Crippen molar-refractivity contribution < 1.29 is 47.4 Å². The highest BCUT2D eigenvalue weighted by Crippen LogP contribution is 2.16. The van der Waals surface area contributed by atoms with E-state index in [9.17, 15) is 43.0 Å². The van der Waals surface area contributed by atoms with Gasteiger partial charge in [0.15, 0.2) is 0 Å². The summed E-state index contributed by atoms with van der Waals surface area (Å²) in [6.45, 7) is 0. The Bertz CT molecular complexity index is 1190. The molecule has 0 aromatic heterocycles. The molecule has 182 valence electrons. The maximum atomic E-state index is 11.8. The summed E-state index contributed by atoms with van der Waals surface area (Å²) >= 11 is 0. The molecule has 0 fully saturated rings. The number of hydrogen-bond acceptors (Lipinski definition) is 9. The summed E-state index contributed by atoms with van der Waals surface area (Å²) in [6, 6.07) is 7.42. The van der Waals surface area contributed by atoms with E-state index in [1.165, 1.54) is 18.2 Å². The van der Waals surface area contributed by atoms with Crippen molar-refractivity contribution in [3.63, 3.8) is 0 Å². The topological polar surface area (TPSA) is 244 Å². The summed E-state index contributed by atoms with van der Waals surface area (Å²) in [4.78, 5) is 52.0. The molecule has 1 amide bonds. The highest BCUT2D eigenvalue weighted by Gasteiger charge is 2.22. The van der Waals surface area contributed by atoms with Gasteiger partial charge in [-0.05, 0) is 24.6 Å². The Labute approximate surface area is 190 Å². The predicted molar refractivity (Wildman–Crippen MR) is 112 cm³/mol. The van der Waals surface area contributed by atoms with Crippen LogP contribution in [0.3, 0.4) is 0 Å². The maximum Gasteiger partial charge on any atom is 0.326 e. The van der Waals surface area contributed by atoms with Crippen molar-refractivity contribution in [3.05, 3.63) is 74.3 Å². The molecule has 0 spiro atoms. The summed E-state index contributed by atoms with van der Waals surface area (Å²) < 4.78 is 29.6. The first-order valence-corrected chi connectivity index (χ1v) is 10.4. The summed E-state index contributed by atoms with van der Waals surface area (Å²) in [5, 5.41) is 40.3. The zero-order valence-electron chi connectivity index (χ0n) is 16.9. The Balaban J connectivity index is 0.000000380. The van der Waals surface area contributed by atoms with Crippen molar-refractivity contribution >= 4 is 39.3 Å². The van der Waals surface area contributed by atoms with Gasteiger partial charge in [-0.25, -0.2) is 4.79 Å². The van der Waals surface area contributed by atoms with Gasteiger partial charge >= 0.3 is 11.9 Å². The van der Waals surface area contributed by atoms with Crippen molar-refractivity contribution in [2.45, 2.75) is 23.8 Å². The number of nitro groups is 2. The standard InChI is InChI=1S/C12H12N2O7.C6H5NO5S/c15-10(16)6-5-9(12(18)19)13-11(17)7-1-3-8(4-2-7)14(20)21;8-7(9)5-2-1-3-6(4-5)13(10,11)12/h1-4,9H,5-6H2,(H,13,17)(H,15,16)(H,18,19);1-4H,(H,10,11,12)/t9-;/m0./s1. The van der Waals surface area contributed by atoms with Crippen LogP contribution < -0.4 is 5.32 Å². The van der Waals surface area contributed by atoms with Crippen molar-refractivity contribution in [1.82, 2.24) is 5.32 Å². The second-order valence-corrected chi connectivity index (χ2v) is 7.75. The molecule has 0 bridgehead atoms. The Morgan fingerprint density at radius 3 is 1.94 bits per heavy atom. The third-order valence-corrected chi connectivity index (χ3v) is 4.77. The first-order valence-electron chi connectivity index (χ1n) is 8.94. The monoisotopic (exact) mass is 499 g/mol. The number of hydrogen-bond donors (Lipinski definition) is 4. The van der Waals surface area contributed by atoms with Gasteiger partial charge in [0, 0.05) is 36.2 Å². The fraction of sp³-hybridized carbons (Fsp3) is 0.167. The van der Waals surface area contributed by atoms with E-state index in [4.69, 9.17) is 14.8 Å². The van der Waals surface area contributed by atoms with E-state index in [0.29, 0.717) is 0 Å². The number of benzene rings is 2. The van der Waals surface area contributed by atoms with E-state index in [-0.39, 0.29) is 23.4 Å². The number of non-ortho nitro benzene ring substituents is 2. The van der Waals surface area contributed by atoms with Gasteiger partial charge in [0.1, 0.15) is 10.9 Å². The molecule has 34 heavy (non-hydrogen) atoms. The molecular formula is C18H17N3O12S. The molecule has 2 aromatic carbocycles. The molecule has 16 heteroatoms. The van der Waals surface area contributed by atoms with Crippen LogP contribution in [0.15, 0.2) is 53.4 Å². The summed E-state index contributed by atoms with van der Waals surface area (Å²) in [6.07, 6.45) is -0.666. The van der Waals surface area contributed by atoms with Gasteiger partial charge in [0.2, 0.25) is 0 Å². The molecule has 0 saturated carbocycles. The Kier molecular flexibility index (Phi) is 9.72. The Morgan fingerprint density at radius 2 is 1.50 bits per heavy atom. The SMILES string of the molecule is O=C(O)CC[C@H](NC(=O)c1ccc([N+](=O)[O-])cc1)C(=O)O.O=[N+]([O-])c1cccc(S(=O)(=O)O)c1. The van der Waals surface area contributed by atoms with Crippen LogP contribution in [0.1, 0.15) is 23.2 Å². The zero-order valence-corrected chi connectivity index (χ0v) is 17.7. The number of nitrogens with zero attached hydrogens (tertiary/aromatic N) is 2. The number of aliphatic carboxylic acids is 2. The number of carboxylic acid groups (broad SMARTS) is 2. The van der Waals surface area contributed by atoms with E-state index in [2.05, 4.69) is 5.32 Å². The van der Waals surface area contributed by atoms with Gasteiger partial charge in [-0.15, -0.1) is 0 Å². The third-order valence-electron chi connectivity index (χ3n) is 3.92. The van der Waals surface area contributed by atoms with Crippen molar-refractivity contribution in [2.75, 3.05) is 0 Å². The second kappa shape index (κ2) is 12.0. The Hall–Kier alpha value is -4.44. The molecule has 2 aromatic rings. The molecule has 0 radical (unpaired) electrons. The van der Waals surface area contributed by atoms with Gasteiger partial charge in [0.05, 0.1) is 9.85 Å². The first kappa shape index (κ1) is 27.6. The van der Waals surface area contributed by atoms with Crippen molar-refractivity contribution in [1.29, 1.82) is 0 Å².